The van der Waals surface area contributed by atoms with Crippen molar-refractivity contribution < 1.29 is 9.66 Å². The van der Waals surface area contributed by atoms with Gasteiger partial charge in [0.25, 0.3) is 0 Å². The SMILES string of the molecule is CC(C)Oc1cccc(NCc2ncc[nH]2)c1[N+](=O)[O-]. The van der Waals surface area contributed by atoms with Gasteiger partial charge in [-0.15, -0.1) is 0 Å². The van der Waals surface area contributed by atoms with Gasteiger partial charge in [-0.3, -0.25) is 10.1 Å². The Morgan fingerprint density at radius 2 is 2.30 bits per heavy atom. The summed E-state index contributed by atoms with van der Waals surface area (Å²) >= 11 is 0. The first-order valence-electron chi connectivity index (χ1n) is 6.24. The number of hydrogen-bond donors (Lipinski definition) is 2. The molecule has 7 heteroatoms. The van der Waals surface area contributed by atoms with Crippen LogP contribution in [-0.4, -0.2) is 21.0 Å². The van der Waals surface area contributed by atoms with Crippen molar-refractivity contribution in [2.75, 3.05) is 5.32 Å². The van der Waals surface area contributed by atoms with Gasteiger partial charge in [-0.05, 0) is 26.0 Å². The third-order valence-electron chi connectivity index (χ3n) is 2.55. The second-order valence-electron chi connectivity index (χ2n) is 4.47. The molecule has 0 unspecified atom stereocenters. The first kappa shape index (κ1) is 13.9. The molecule has 0 amide bonds. The fourth-order valence-corrected chi connectivity index (χ4v) is 1.78. The predicted octanol–water partition coefficient (Wildman–Crippen LogP) is 2.72. The molecule has 0 fully saturated rings. The van der Waals surface area contributed by atoms with Gasteiger partial charge in [0.1, 0.15) is 11.5 Å². The summed E-state index contributed by atoms with van der Waals surface area (Å²) in [5, 5.41) is 14.2. The van der Waals surface area contributed by atoms with Gasteiger partial charge in [0.05, 0.1) is 17.6 Å². The predicted molar refractivity (Wildman–Crippen MR) is 74.8 cm³/mol. The first-order chi connectivity index (χ1) is 9.58. The molecule has 0 aliphatic rings. The minimum atomic E-state index is -0.442. The lowest BCUT2D eigenvalue weighted by Crippen LogP contribution is -2.09. The standard InChI is InChI=1S/C13H16N4O3/c1-9(2)20-11-5-3-4-10(13(11)17(18)19)16-8-12-14-6-7-15-12/h3-7,9,16H,8H2,1-2H3,(H,14,15). The van der Waals surface area contributed by atoms with E-state index in [1.165, 1.54) is 0 Å². The molecule has 0 spiro atoms. The number of aromatic amines is 1. The Morgan fingerprint density at radius 1 is 1.50 bits per heavy atom. The third kappa shape index (κ3) is 3.25. The van der Waals surface area contributed by atoms with Gasteiger partial charge in [-0.2, -0.15) is 0 Å². The molecule has 2 N–H and O–H groups in total. The number of nitrogens with zero attached hydrogens (tertiary/aromatic N) is 2. The van der Waals surface area contributed by atoms with E-state index in [-0.39, 0.29) is 17.5 Å². The lowest BCUT2D eigenvalue weighted by atomic mass is 10.2. The average molecular weight is 276 g/mol. The summed E-state index contributed by atoms with van der Waals surface area (Å²) < 4.78 is 5.48. The Morgan fingerprint density at radius 3 is 2.90 bits per heavy atom. The fourth-order valence-electron chi connectivity index (χ4n) is 1.78. The molecule has 0 saturated carbocycles. The van der Waals surface area contributed by atoms with Crippen LogP contribution >= 0.6 is 0 Å². The van der Waals surface area contributed by atoms with Crippen molar-refractivity contribution >= 4 is 11.4 Å². The summed E-state index contributed by atoms with van der Waals surface area (Å²) in [6.07, 6.45) is 3.20. The molecule has 1 aromatic heterocycles. The summed E-state index contributed by atoms with van der Waals surface area (Å²) in [7, 11) is 0. The topological polar surface area (TPSA) is 93.1 Å². The van der Waals surface area contributed by atoms with Gasteiger partial charge in [0, 0.05) is 12.4 Å². The molecule has 0 aliphatic heterocycles. The Hall–Kier alpha value is -2.57. The van der Waals surface area contributed by atoms with Gasteiger partial charge >= 0.3 is 5.69 Å². The highest BCUT2D eigenvalue weighted by Gasteiger charge is 2.21. The van der Waals surface area contributed by atoms with Crippen LogP contribution in [0.5, 0.6) is 5.75 Å². The quantitative estimate of drug-likeness (QED) is 0.625. The zero-order chi connectivity index (χ0) is 14.5. The number of ether oxygens (including phenoxy) is 1. The van der Waals surface area contributed by atoms with Gasteiger partial charge in [0.2, 0.25) is 0 Å². The number of nitro benzene ring substituents is 1. The Kier molecular flexibility index (Phi) is 4.19. The van der Waals surface area contributed by atoms with Crippen molar-refractivity contribution in [3.63, 3.8) is 0 Å². The van der Waals surface area contributed by atoms with Gasteiger partial charge in [-0.1, -0.05) is 6.07 Å². The summed E-state index contributed by atoms with van der Waals surface area (Å²) in [4.78, 5) is 17.8. The second kappa shape index (κ2) is 6.05. The number of H-pyrrole nitrogens is 1. The molecule has 0 radical (unpaired) electrons. The van der Waals surface area contributed by atoms with Crippen molar-refractivity contribution in [3.05, 3.63) is 46.5 Å². The highest BCUT2D eigenvalue weighted by Crippen LogP contribution is 2.35. The molecule has 1 aromatic carbocycles. The number of imidazole rings is 1. The molecule has 0 saturated heterocycles. The first-order valence-corrected chi connectivity index (χ1v) is 6.24. The van der Waals surface area contributed by atoms with Crippen LogP contribution in [0, 0.1) is 10.1 Å². The monoisotopic (exact) mass is 276 g/mol. The number of para-hydroxylation sites is 1. The van der Waals surface area contributed by atoms with Crippen LogP contribution < -0.4 is 10.1 Å². The minimum absolute atomic E-state index is 0.0623. The van der Waals surface area contributed by atoms with Crippen LogP contribution in [0.3, 0.4) is 0 Å². The molecule has 0 aliphatic carbocycles. The average Bonchev–Trinajstić information content (AvgIpc) is 2.88. The van der Waals surface area contributed by atoms with Crippen molar-refractivity contribution in [1.29, 1.82) is 0 Å². The molecule has 0 atom stereocenters. The number of nitro groups is 1. The van der Waals surface area contributed by atoms with Crippen LogP contribution in [0.15, 0.2) is 30.6 Å². The van der Waals surface area contributed by atoms with E-state index in [0.29, 0.717) is 18.1 Å². The highest BCUT2D eigenvalue weighted by atomic mass is 16.6. The zero-order valence-electron chi connectivity index (χ0n) is 11.3. The Bertz CT molecular complexity index is 581. The fraction of sp³-hybridized carbons (Fsp3) is 0.308. The van der Waals surface area contributed by atoms with Gasteiger partial charge in [0.15, 0.2) is 5.75 Å². The van der Waals surface area contributed by atoms with Crippen molar-refractivity contribution in [2.24, 2.45) is 0 Å². The van der Waals surface area contributed by atoms with E-state index in [1.54, 1.807) is 30.6 Å². The van der Waals surface area contributed by atoms with E-state index in [4.69, 9.17) is 4.74 Å². The molecule has 2 aromatic rings. The van der Waals surface area contributed by atoms with Crippen LogP contribution in [0.1, 0.15) is 19.7 Å². The van der Waals surface area contributed by atoms with E-state index < -0.39 is 4.92 Å². The molecular weight excluding hydrogens is 260 g/mol. The lowest BCUT2D eigenvalue weighted by molar-refractivity contribution is -0.385. The smallest absolute Gasteiger partial charge is 0.333 e. The summed E-state index contributed by atoms with van der Waals surface area (Å²) in [6, 6.07) is 4.96. The van der Waals surface area contributed by atoms with Gasteiger partial charge in [-0.25, -0.2) is 4.98 Å². The van der Waals surface area contributed by atoms with E-state index in [0.717, 1.165) is 0 Å². The zero-order valence-corrected chi connectivity index (χ0v) is 11.3. The molecule has 2 rings (SSSR count). The van der Waals surface area contributed by atoms with Crippen LogP contribution in [0.2, 0.25) is 0 Å². The number of anilines is 1. The van der Waals surface area contributed by atoms with E-state index in [9.17, 15) is 10.1 Å². The maximum atomic E-state index is 11.2. The summed E-state index contributed by atoms with van der Waals surface area (Å²) in [5.74, 6) is 0.962. The maximum Gasteiger partial charge on any atom is 0.333 e. The summed E-state index contributed by atoms with van der Waals surface area (Å²) in [6.45, 7) is 4.03. The molecule has 106 valence electrons. The number of aromatic nitrogens is 2. The normalized spacial score (nSPS) is 10.6. The number of hydrogen-bond acceptors (Lipinski definition) is 5. The van der Waals surface area contributed by atoms with Crippen LogP contribution in [-0.2, 0) is 6.54 Å². The minimum Gasteiger partial charge on any atom is -0.484 e. The molecule has 1 heterocycles. The van der Waals surface area contributed by atoms with Crippen LogP contribution in [0.4, 0.5) is 11.4 Å². The van der Waals surface area contributed by atoms with Crippen molar-refractivity contribution in [2.45, 2.75) is 26.5 Å². The number of benzene rings is 1. The molecule has 7 nitrogen and oxygen atoms in total. The molecule has 20 heavy (non-hydrogen) atoms. The van der Waals surface area contributed by atoms with Crippen molar-refractivity contribution in [1.82, 2.24) is 9.97 Å². The third-order valence-corrected chi connectivity index (χ3v) is 2.55. The van der Waals surface area contributed by atoms with E-state index in [2.05, 4.69) is 15.3 Å². The maximum absolute atomic E-state index is 11.2. The Balaban J connectivity index is 2.24. The van der Waals surface area contributed by atoms with Gasteiger partial charge < -0.3 is 15.0 Å². The second-order valence-corrected chi connectivity index (χ2v) is 4.47. The summed E-state index contributed by atoms with van der Waals surface area (Å²) in [5.41, 5.74) is 0.345. The number of nitrogens with one attached hydrogen (secondary N) is 2. The van der Waals surface area contributed by atoms with E-state index >= 15 is 0 Å². The largest absolute Gasteiger partial charge is 0.484 e. The van der Waals surface area contributed by atoms with E-state index in [1.807, 2.05) is 13.8 Å². The van der Waals surface area contributed by atoms with Crippen molar-refractivity contribution in [3.8, 4) is 5.75 Å². The number of rotatable bonds is 6. The molecule has 0 bridgehead atoms. The molecular formula is C13H16N4O3. The lowest BCUT2D eigenvalue weighted by Gasteiger charge is -2.12. The highest BCUT2D eigenvalue weighted by molar-refractivity contribution is 5.68. The Labute approximate surface area is 116 Å². The van der Waals surface area contributed by atoms with Crippen LogP contribution in [0.25, 0.3) is 0 Å².